The first-order chi connectivity index (χ1) is 7.33. The second kappa shape index (κ2) is 4.82. The highest BCUT2D eigenvalue weighted by Crippen LogP contribution is 2.14. The van der Waals surface area contributed by atoms with Crippen molar-refractivity contribution in [3.8, 4) is 0 Å². The molecule has 0 aliphatic heterocycles. The van der Waals surface area contributed by atoms with Crippen molar-refractivity contribution in [2.24, 2.45) is 0 Å². The van der Waals surface area contributed by atoms with Gasteiger partial charge in [0.15, 0.2) is 0 Å². The fourth-order valence-corrected chi connectivity index (χ4v) is 2.29. The first-order valence-electron chi connectivity index (χ1n) is 4.33. The number of aliphatic carboxylic acids is 1. The maximum Gasteiger partial charge on any atom is 0.321 e. The second-order valence-electron chi connectivity index (χ2n) is 3.14. The topological polar surface area (TPSA) is 83.5 Å². The van der Waals surface area contributed by atoms with Crippen molar-refractivity contribution in [2.45, 2.75) is 17.9 Å². The standard InChI is InChI=1S/C9H10ClNO4S/c1-6(9(12)13)11-16(14,15)8-4-2-7(10)3-5-8/h2-6,11H,1H3,(H,12,13)/t6-/m0/s1. The zero-order valence-electron chi connectivity index (χ0n) is 8.34. The molecule has 2 N–H and O–H groups in total. The molecule has 0 aromatic heterocycles. The van der Waals surface area contributed by atoms with E-state index < -0.39 is 22.0 Å². The number of rotatable bonds is 4. The number of nitrogens with one attached hydrogen (secondary N) is 1. The van der Waals surface area contributed by atoms with E-state index >= 15 is 0 Å². The molecule has 0 saturated heterocycles. The van der Waals surface area contributed by atoms with Gasteiger partial charge >= 0.3 is 5.97 Å². The SMILES string of the molecule is C[C@H](NS(=O)(=O)c1ccc(Cl)cc1)C(=O)O. The van der Waals surface area contributed by atoms with Gasteiger partial charge in [-0.2, -0.15) is 4.72 Å². The molecule has 0 aliphatic rings. The summed E-state index contributed by atoms with van der Waals surface area (Å²) in [5.41, 5.74) is 0. The molecule has 7 heteroatoms. The average Bonchev–Trinajstić information content (AvgIpc) is 2.17. The number of hydrogen-bond acceptors (Lipinski definition) is 3. The molecule has 0 spiro atoms. The molecule has 0 heterocycles. The second-order valence-corrected chi connectivity index (χ2v) is 5.29. The van der Waals surface area contributed by atoms with Crippen molar-refractivity contribution in [1.82, 2.24) is 4.72 Å². The van der Waals surface area contributed by atoms with E-state index in [4.69, 9.17) is 16.7 Å². The van der Waals surface area contributed by atoms with Gasteiger partial charge in [0.1, 0.15) is 6.04 Å². The van der Waals surface area contributed by atoms with Crippen LogP contribution in [0.15, 0.2) is 29.2 Å². The van der Waals surface area contributed by atoms with Gasteiger partial charge in [-0.05, 0) is 31.2 Å². The van der Waals surface area contributed by atoms with Gasteiger partial charge in [-0.25, -0.2) is 8.42 Å². The van der Waals surface area contributed by atoms with E-state index in [1.165, 1.54) is 31.2 Å². The zero-order valence-corrected chi connectivity index (χ0v) is 9.92. The number of carbonyl (C=O) groups is 1. The predicted octanol–water partition coefficient (Wildman–Crippen LogP) is 1.09. The largest absolute Gasteiger partial charge is 0.480 e. The van der Waals surface area contributed by atoms with Crippen molar-refractivity contribution in [2.75, 3.05) is 0 Å². The van der Waals surface area contributed by atoms with Crippen LogP contribution in [0.5, 0.6) is 0 Å². The molecule has 0 unspecified atom stereocenters. The minimum atomic E-state index is -3.81. The third kappa shape index (κ3) is 3.19. The van der Waals surface area contributed by atoms with Crippen LogP contribution in [-0.2, 0) is 14.8 Å². The molecule has 0 radical (unpaired) electrons. The highest BCUT2D eigenvalue weighted by Gasteiger charge is 2.21. The Hall–Kier alpha value is -1.11. The Bertz CT molecular complexity index is 483. The molecule has 0 aliphatic carbocycles. The number of halogens is 1. The summed E-state index contributed by atoms with van der Waals surface area (Å²) >= 11 is 5.61. The van der Waals surface area contributed by atoms with Gasteiger partial charge in [-0.3, -0.25) is 4.79 Å². The quantitative estimate of drug-likeness (QED) is 0.852. The summed E-state index contributed by atoms with van der Waals surface area (Å²) in [6.07, 6.45) is 0. The van der Waals surface area contributed by atoms with Gasteiger partial charge < -0.3 is 5.11 Å². The Morgan fingerprint density at radius 1 is 1.38 bits per heavy atom. The minimum absolute atomic E-state index is 0.0231. The Balaban J connectivity index is 2.94. The summed E-state index contributed by atoms with van der Waals surface area (Å²) in [7, 11) is -3.81. The molecule has 1 aromatic rings. The van der Waals surface area contributed by atoms with Crippen molar-refractivity contribution >= 4 is 27.6 Å². The maximum atomic E-state index is 11.6. The summed E-state index contributed by atoms with van der Waals surface area (Å²) < 4.78 is 25.3. The van der Waals surface area contributed by atoms with Crippen molar-refractivity contribution in [3.05, 3.63) is 29.3 Å². The van der Waals surface area contributed by atoms with E-state index in [1.54, 1.807) is 0 Å². The van der Waals surface area contributed by atoms with E-state index in [0.717, 1.165) is 0 Å². The molecule has 5 nitrogen and oxygen atoms in total. The monoisotopic (exact) mass is 263 g/mol. The molecule has 0 bridgehead atoms. The van der Waals surface area contributed by atoms with E-state index in [-0.39, 0.29) is 4.90 Å². The summed E-state index contributed by atoms with van der Waals surface area (Å²) in [5.74, 6) is -1.24. The first kappa shape index (κ1) is 13.0. The van der Waals surface area contributed by atoms with Crippen molar-refractivity contribution in [3.63, 3.8) is 0 Å². The fraction of sp³-hybridized carbons (Fsp3) is 0.222. The third-order valence-electron chi connectivity index (χ3n) is 1.83. The number of carboxylic acid groups (broad SMARTS) is 1. The predicted molar refractivity (Wildman–Crippen MR) is 58.9 cm³/mol. The lowest BCUT2D eigenvalue weighted by Crippen LogP contribution is -2.38. The molecule has 0 saturated carbocycles. The molecule has 1 atom stereocenters. The number of benzene rings is 1. The highest BCUT2D eigenvalue weighted by molar-refractivity contribution is 7.89. The van der Waals surface area contributed by atoms with Crippen LogP contribution in [0.3, 0.4) is 0 Å². The van der Waals surface area contributed by atoms with E-state index in [1.807, 2.05) is 4.72 Å². The molecule has 16 heavy (non-hydrogen) atoms. The van der Waals surface area contributed by atoms with Gasteiger partial charge in [-0.15, -0.1) is 0 Å². The Kier molecular flexibility index (Phi) is 3.90. The van der Waals surface area contributed by atoms with Gasteiger partial charge in [-0.1, -0.05) is 11.6 Å². The molecular formula is C9H10ClNO4S. The van der Waals surface area contributed by atoms with Crippen LogP contribution in [-0.4, -0.2) is 25.5 Å². The maximum absolute atomic E-state index is 11.6. The van der Waals surface area contributed by atoms with Crippen LogP contribution in [0.2, 0.25) is 5.02 Å². The summed E-state index contributed by atoms with van der Waals surface area (Å²) in [6.45, 7) is 1.25. The van der Waals surface area contributed by atoms with Gasteiger partial charge in [0.05, 0.1) is 4.90 Å². The number of carboxylic acids is 1. The van der Waals surface area contributed by atoms with E-state index in [0.29, 0.717) is 5.02 Å². The lowest BCUT2D eigenvalue weighted by Gasteiger charge is -2.09. The Morgan fingerprint density at radius 3 is 2.31 bits per heavy atom. The van der Waals surface area contributed by atoms with E-state index in [9.17, 15) is 13.2 Å². The van der Waals surface area contributed by atoms with Crippen molar-refractivity contribution < 1.29 is 18.3 Å². The molecule has 0 amide bonds. The van der Waals surface area contributed by atoms with Crippen molar-refractivity contribution in [1.29, 1.82) is 0 Å². The number of hydrogen-bond donors (Lipinski definition) is 2. The lowest BCUT2D eigenvalue weighted by molar-refractivity contribution is -0.138. The normalized spacial score (nSPS) is 13.4. The van der Waals surface area contributed by atoms with Crippen LogP contribution in [0.1, 0.15) is 6.92 Å². The van der Waals surface area contributed by atoms with Gasteiger partial charge in [0, 0.05) is 5.02 Å². The third-order valence-corrected chi connectivity index (χ3v) is 3.63. The fourth-order valence-electron chi connectivity index (χ4n) is 0.965. The molecular weight excluding hydrogens is 254 g/mol. The zero-order chi connectivity index (χ0) is 12.3. The van der Waals surface area contributed by atoms with Crippen LogP contribution < -0.4 is 4.72 Å². The number of sulfonamides is 1. The highest BCUT2D eigenvalue weighted by atomic mass is 35.5. The Labute approximate surface area is 98.1 Å². The van der Waals surface area contributed by atoms with Crippen LogP contribution in [0.25, 0.3) is 0 Å². The van der Waals surface area contributed by atoms with Crippen LogP contribution in [0, 0.1) is 0 Å². The molecule has 1 aromatic carbocycles. The molecule has 88 valence electrons. The molecule has 0 fully saturated rings. The summed E-state index contributed by atoms with van der Waals surface area (Å²) in [5, 5.41) is 9.00. The van der Waals surface area contributed by atoms with Gasteiger partial charge in [0.2, 0.25) is 10.0 Å². The molecule has 1 rings (SSSR count). The summed E-state index contributed by atoms with van der Waals surface area (Å²) in [6, 6.07) is 4.27. The van der Waals surface area contributed by atoms with E-state index in [2.05, 4.69) is 0 Å². The lowest BCUT2D eigenvalue weighted by atomic mass is 10.4. The average molecular weight is 264 g/mol. The van der Waals surface area contributed by atoms with Crippen LogP contribution >= 0.6 is 11.6 Å². The summed E-state index contributed by atoms with van der Waals surface area (Å²) in [4.78, 5) is 10.5. The smallest absolute Gasteiger partial charge is 0.321 e. The Morgan fingerprint density at radius 2 is 1.88 bits per heavy atom. The van der Waals surface area contributed by atoms with Gasteiger partial charge in [0.25, 0.3) is 0 Å². The first-order valence-corrected chi connectivity index (χ1v) is 6.20. The minimum Gasteiger partial charge on any atom is -0.480 e. The van der Waals surface area contributed by atoms with Crippen LogP contribution in [0.4, 0.5) is 0 Å².